The predicted molar refractivity (Wildman–Crippen MR) is 56.1 cm³/mol. The van der Waals surface area contributed by atoms with Crippen molar-refractivity contribution in [3.8, 4) is 0 Å². The first-order valence-corrected chi connectivity index (χ1v) is 5.79. The highest BCUT2D eigenvalue weighted by molar-refractivity contribution is 7.09. The van der Waals surface area contributed by atoms with E-state index in [1.54, 1.807) is 6.20 Å². The molecule has 0 radical (unpaired) electrons. The Morgan fingerprint density at radius 3 is 3.07 bits per heavy atom. The van der Waals surface area contributed by atoms with Crippen molar-refractivity contribution in [3.05, 3.63) is 16.6 Å². The van der Waals surface area contributed by atoms with E-state index in [1.807, 2.05) is 5.38 Å². The van der Waals surface area contributed by atoms with Crippen LogP contribution in [0.1, 0.15) is 24.3 Å². The summed E-state index contributed by atoms with van der Waals surface area (Å²) in [4.78, 5) is 15.6. The minimum Gasteiger partial charge on any atom is -0.327 e. The second-order valence-corrected chi connectivity index (χ2v) is 4.83. The lowest BCUT2D eigenvalue weighted by molar-refractivity contribution is -0.118. The van der Waals surface area contributed by atoms with Crippen LogP contribution in [0.5, 0.6) is 0 Å². The van der Waals surface area contributed by atoms with E-state index < -0.39 is 0 Å². The molecule has 3 nitrogen and oxygen atoms in total. The number of ketones is 1. The first-order chi connectivity index (χ1) is 6.75. The Labute approximate surface area is 87.3 Å². The van der Waals surface area contributed by atoms with Gasteiger partial charge in [0.1, 0.15) is 5.78 Å². The fourth-order valence-corrected chi connectivity index (χ4v) is 2.18. The van der Waals surface area contributed by atoms with Crippen LogP contribution < -0.4 is 5.73 Å². The standard InChI is InChI=1S/C10H14N2OS/c11-9(7-1-2-7)5-8(13)6-10-12-3-4-14-10/h3-4,7,9H,1-2,5-6,11H2. The van der Waals surface area contributed by atoms with Crippen molar-refractivity contribution >= 4 is 17.1 Å². The lowest BCUT2D eigenvalue weighted by atomic mass is 10.1. The van der Waals surface area contributed by atoms with Gasteiger partial charge in [-0.05, 0) is 18.8 Å². The number of carbonyl (C=O) groups excluding carboxylic acids is 1. The van der Waals surface area contributed by atoms with E-state index in [0.29, 0.717) is 18.8 Å². The van der Waals surface area contributed by atoms with Gasteiger partial charge in [0.05, 0.1) is 11.4 Å². The Morgan fingerprint density at radius 1 is 1.71 bits per heavy atom. The van der Waals surface area contributed by atoms with Gasteiger partial charge in [0.15, 0.2) is 0 Å². The summed E-state index contributed by atoms with van der Waals surface area (Å²) >= 11 is 1.53. The smallest absolute Gasteiger partial charge is 0.141 e. The maximum atomic E-state index is 11.5. The van der Waals surface area contributed by atoms with Crippen LogP contribution in [0.2, 0.25) is 0 Å². The van der Waals surface area contributed by atoms with Crippen molar-refractivity contribution in [2.45, 2.75) is 31.7 Å². The van der Waals surface area contributed by atoms with Gasteiger partial charge in [0, 0.05) is 24.0 Å². The highest BCUT2D eigenvalue weighted by Crippen LogP contribution is 2.32. The van der Waals surface area contributed by atoms with Gasteiger partial charge in [-0.15, -0.1) is 11.3 Å². The molecule has 4 heteroatoms. The van der Waals surface area contributed by atoms with Crippen LogP contribution in [0.15, 0.2) is 11.6 Å². The molecular weight excluding hydrogens is 196 g/mol. The Kier molecular flexibility index (Phi) is 2.93. The second kappa shape index (κ2) is 4.19. The SMILES string of the molecule is NC(CC(=O)Cc1nccs1)C1CC1. The number of Topliss-reactive ketones (excluding diaryl/α,β-unsaturated/α-hetero) is 1. The Morgan fingerprint density at radius 2 is 2.50 bits per heavy atom. The van der Waals surface area contributed by atoms with Crippen LogP contribution in [0, 0.1) is 5.92 Å². The molecule has 1 aliphatic rings. The molecule has 1 aromatic heterocycles. The third-order valence-corrected chi connectivity index (χ3v) is 3.30. The number of aromatic nitrogens is 1. The Bertz CT molecular complexity index is 306. The van der Waals surface area contributed by atoms with E-state index in [0.717, 1.165) is 5.01 Å². The molecule has 0 saturated heterocycles. The van der Waals surface area contributed by atoms with Crippen molar-refractivity contribution in [2.24, 2.45) is 11.7 Å². The monoisotopic (exact) mass is 210 g/mol. The Balaban J connectivity index is 1.78. The van der Waals surface area contributed by atoms with E-state index in [2.05, 4.69) is 4.98 Å². The molecule has 1 atom stereocenters. The van der Waals surface area contributed by atoms with Crippen LogP contribution in [-0.2, 0) is 11.2 Å². The lowest BCUT2D eigenvalue weighted by Crippen LogP contribution is -2.26. The summed E-state index contributed by atoms with van der Waals surface area (Å²) in [5, 5.41) is 2.79. The first kappa shape index (κ1) is 9.80. The van der Waals surface area contributed by atoms with Crippen molar-refractivity contribution in [1.29, 1.82) is 0 Å². The summed E-state index contributed by atoms with van der Waals surface area (Å²) in [6, 6.07) is 0.0856. The van der Waals surface area contributed by atoms with Crippen LogP contribution in [0.3, 0.4) is 0 Å². The van der Waals surface area contributed by atoms with Crippen molar-refractivity contribution in [3.63, 3.8) is 0 Å². The van der Waals surface area contributed by atoms with E-state index in [9.17, 15) is 4.79 Å². The summed E-state index contributed by atoms with van der Waals surface area (Å²) in [6.07, 6.45) is 5.10. The quantitative estimate of drug-likeness (QED) is 0.798. The minimum atomic E-state index is 0.0856. The summed E-state index contributed by atoms with van der Waals surface area (Å²) in [5.41, 5.74) is 5.87. The summed E-state index contributed by atoms with van der Waals surface area (Å²) < 4.78 is 0. The molecule has 0 aromatic carbocycles. The van der Waals surface area contributed by atoms with E-state index in [4.69, 9.17) is 5.73 Å². The molecule has 1 aromatic rings. The molecule has 0 spiro atoms. The Hall–Kier alpha value is -0.740. The van der Waals surface area contributed by atoms with Crippen LogP contribution in [0.25, 0.3) is 0 Å². The summed E-state index contributed by atoms with van der Waals surface area (Å²) in [6.45, 7) is 0. The van der Waals surface area contributed by atoms with Gasteiger partial charge in [-0.25, -0.2) is 4.98 Å². The average molecular weight is 210 g/mol. The minimum absolute atomic E-state index is 0.0856. The molecule has 14 heavy (non-hydrogen) atoms. The first-order valence-electron chi connectivity index (χ1n) is 4.91. The number of hydrogen-bond donors (Lipinski definition) is 1. The van der Waals surface area contributed by atoms with Gasteiger partial charge >= 0.3 is 0 Å². The van der Waals surface area contributed by atoms with Crippen molar-refractivity contribution < 1.29 is 4.79 Å². The zero-order valence-corrected chi connectivity index (χ0v) is 8.80. The molecule has 0 aliphatic heterocycles. The molecule has 1 heterocycles. The zero-order valence-electron chi connectivity index (χ0n) is 7.98. The molecule has 1 fully saturated rings. The number of thiazole rings is 1. The van der Waals surface area contributed by atoms with Gasteiger partial charge in [-0.1, -0.05) is 0 Å². The number of carbonyl (C=O) groups is 1. The maximum Gasteiger partial charge on any atom is 0.141 e. The van der Waals surface area contributed by atoms with Crippen molar-refractivity contribution in [1.82, 2.24) is 4.98 Å². The molecule has 1 unspecified atom stereocenters. The van der Waals surface area contributed by atoms with Gasteiger partial charge < -0.3 is 5.73 Å². The summed E-state index contributed by atoms with van der Waals surface area (Å²) in [7, 11) is 0. The predicted octanol–water partition coefficient (Wildman–Crippen LogP) is 1.38. The topological polar surface area (TPSA) is 56.0 Å². The highest BCUT2D eigenvalue weighted by Gasteiger charge is 2.29. The molecule has 76 valence electrons. The van der Waals surface area contributed by atoms with Crippen LogP contribution in [-0.4, -0.2) is 16.8 Å². The molecule has 0 amide bonds. The van der Waals surface area contributed by atoms with Gasteiger partial charge in [0.2, 0.25) is 0 Å². The van der Waals surface area contributed by atoms with E-state index in [1.165, 1.54) is 24.2 Å². The molecule has 2 rings (SSSR count). The molecule has 1 aliphatic carbocycles. The van der Waals surface area contributed by atoms with Gasteiger partial charge in [-0.2, -0.15) is 0 Å². The largest absolute Gasteiger partial charge is 0.327 e. The average Bonchev–Trinajstić information content (AvgIpc) is 2.87. The van der Waals surface area contributed by atoms with Crippen LogP contribution in [0.4, 0.5) is 0 Å². The number of hydrogen-bond acceptors (Lipinski definition) is 4. The van der Waals surface area contributed by atoms with Gasteiger partial charge in [0.25, 0.3) is 0 Å². The zero-order chi connectivity index (χ0) is 9.97. The number of nitrogens with two attached hydrogens (primary N) is 1. The van der Waals surface area contributed by atoms with Crippen molar-refractivity contribution in [2.75, 3.05) is 0 Å². The van der Waals surface area contributed by atoms with E-state index >= 15 is 0 Å². The fraction of sp³-hybridized carbons (Fsp3) is 0.600. The van der Waals surface area contributed by atoms with Crippen LogP contribution >= 0.6 is 11.3 Å². The molecule has 2 N–H and O–H groups in total. The van der Waals surface area contributed by atoms with E-state index in [-0.39, 0.29) is 11.8 Å². The highest BCUT2D eigenvalue weighted by atomic mass is 32.1. The molecule has 0 bridgehead atoms. The van der Waals surface area contributed by atoms with Gasteiger partial charge in [-0.3, -0.25) is 4.79 Å². The molecular formula is C10H14N2OS. The number of rotatable bonds is 5. The normalized spacial score (nSPS) is 18.1. The fourth-order valence-electron chi connectivity index (χ4n) is 1.54. The third kappa shape index (κ3) is 2.62. The maximum absolute atomic E-state index is 11.5. The third-order valence-electron chi connectivity index (χ3n) is 2.52. The molecule has 1 saturated carbocycles. The second-order valence-electron chi connectivity index (χ2n) is 3.85. The lowest BCUT2D eigenvalue weighted by Gasteiger charge is -2.07. The number of nitrogens with zero attached hydrogens (tertiary/aromatic N) is 1. The summed E-state index contributed by atoms with van der Waals surface area (Å²) in [5.74, 6) is 0.828.